The molecule has 1 aliphatic heterocycles. The molecule has 2 heterocycles. The fourth-order valence-corrected chi connectivity index (χ4v) is 3.23. The third kappa shape index (κ3) is 4.04. The van der Waals surface area contributed by atoms with E-state index in [0.29, 0.717) is 19.1 Å². The molecule has 5 nitrogen and oxygen atoms in total. The van der Waals surface area contributed by atoms with Gasteiger partial charge in [0.2, 0.25) is 5.91 Å². The molecule has 1 aromatic rings. The summed E-state index contributed by atoms with van der Waals surface area (Å²) >= 11 is 1.55. The number of rotatable bonds is 4. The van der Waals surface area contributed by atoms with E-state index in [9.17, 15) is 9.59 Å². The molecule has 114 valence electrons. The Morgan fingerprint density at radius 2 is 2.10 bits per heavy atom. The van der Waals surface area contributed by atoms with Crippen LogP contribution in [-0.4, -0.2) is 60.4 Å². The Morgan fingerprint density at radius 3 is 2.81 bits per heavy atom. The van der Waals surface area contributed by atoms with Crippen LogP contribution in [0.15, 0.2) is 16.8 Å². The van der Waals surface area contributed by atoms with Crippen LogP contribution in [0.5, 0.6) is 0 Å². The van der Waals surface area contributed by atoms with Gasteiger partial charge in [-0.25, -0.2) is 0 Å². The molecule has 2 fully saturated rings. The predicted molar refractivity (Wildman–Crippen MR) is 82.4 cm³/mol. The Hall–Kier alpha value is -1.40. The Morgan fingerprint density at radius 1 is 1.24 bits per heavy atom. The van der Waals surface area contributed by atoms with Gasteiger partial charge >= 0.3 is 0 Å². The van der Waals surface area contributed by atoms with Crippen LogP contribution in [0.1, 0.15) is 29.6 Å². The second-order valence-corrected chi connectivity index (χ2v) is 6.56. The predicted octanol–water partition coefficient (Wildman–Crippen LogP) is 1.17. The van der Waals surface area contributed by atoms with Crippen molar-refractivity contribution >= 4 is 23.2 Å². The van der Waals surface area contributed by atoms with Crippen LogP contribution in [0.3, 0.4) is 0 Å². The average molecular weight is 307 g/mol. The van der Waals surface area contributed by atoms with E-state index in [1.807, 2.05) is 21.7 Å². The summed E-state index contributed by atoms with van der Waals surface area (Å²) < 4.78 is 0. The van der Waals surface area contributed by atoms with Gasteiger partial charge in [0.05, 0.1) is 12.1 Å². The Bertz CT molecular complexity index is 499. The zero-order valence-electron chi connectivity index (χ0n) is 12.1. The summed E-state index contributed by atoms with van der Waals surface area (Å²) in [6.45, 7) is 3.58. The highest BCUT2D eigenvalue weighted by atomic mass is 32.1. The van der Waals surface area contributed by atoms with Gasteiger partial charge in [-0.05, 0) is 30.7 Å². The number of nitrogens with zero attached hydrogens (tertiary/aromatic N) is 2. The van der Waals surface area contributed by atoms with Crippen molar-refractivity contribution in [1.82, 2.24) is 15.1 Å². The molecular formula is C15H21N3O2S. The van der Waals surface area contributed by atoms with Gasteiger partial charge in [-0.1, -0.05) is 0 Å². The fourth-order valence-electron chi connectivity index (χ4n) is 2.60. The van der Waals surface area contributed by atoms with Crippen molar-refractivity contribution in [2.45, 2.75) is 25.3 Å². The molecular weight excluding hydrogens is 286 g/mol. The van der Waals surface area contributed by atoms with E-state index in [1.54, 1.807) is 11.3 Å². The maximum absolute atomic E-state index is 12.3. The molecule has 0 spiro atoms. The van der Waals surface area contributed by atoms with Crippen LogP contribution in [0.2, 0.25) is 0 Å². The summed E-state index contributed by atoms with van der Waals surface area (Å²) in [5, 5.41) is 6.85. The van der Waals surface area contributed by atoms with Crippen LogP contribution in [0, 0.1) is 0 Å². The first-order valence-electron chi connectivity index (χ1n) is 7.55. The molecule has 0 atom stereocenters. The fraction of sp³-hybridized carbons (Fsp3) is 0.600. The van der Waals surface area contributed by atoms with Crippen molar-refractivity contribution in [3.05, 3.63) is 22.4 Å². The molecule has 0 radical (unpaired) electrons. The van der Waals surface area contributed by atoms with Crippen LogP contribution in [-0.2, 0) is 4.79 Å². The van der Waals surface area contributed by atoms with Gasteiger partial charge < -0.3 is 10.2 Å². The molecule has 1 aliphatic carbocycles. The van der Waals surface area contributed by atoms with Crippen LogP contribution in [0.25, 0.3) is 0 Å². The number of amides is 2. The Kier molecular flexibility index (Phi) is 4.55. The van der Waals surface area contributed by atoms with Gasteiger partial charge in [-0.2, -0.15) is 11.3 Å². The number of carbonyl (C=O) groups is 2. The number of carbonyl (C=O) groups excluding carboxylic acids is 2. The highest BCUT2D eigenvalue weighted by Crippen LogP contribution is 2.18. The SMILES string of the molecule is O=C(CN1CCCN(C(=O)c2ccsc2)CC1)NC1CC1. The standard InChI is InChI=1S/C15H21N3O2S/c19-14(16-13-2-3-13)10-17-5-1-6-18(8-7-17)15(20)12-4-9-21-11-12/h4,9,11,13H,1-3,5-8,10H2,(H,16,19). The van der Waals surface area contributed by atoms with Crippen molar-refractivity contribution in [1.29, 1.82) is 0 Å². The minimum Gasteiger partial charge on any atom is -0.352 e. The second kappa shape index (κ2) is 6.58. The zero-order chi connectivity index (χ0) is 14.7. The molecule has 2 amide bonds. The van der Waals surface area contributed by atoms with E-state index in [0.717, 1.165) is 44.5 Å². The van der Waals surface area contributed by atoms with E-state index in [-0.39, 0.29) is 11.8 Å². The average Bonchev–Trinajstić information content (AvgIpc) is 3.16. The third-order valence-corrected chi connectivity index (χ3v) is 4.64. The minimum atomic E-state index is 0.112. The van der Waals surface area contributed by atoms with E-state index < -0.39 is 0 Å². The first-order chi connectivity index (χ1) is 10.2. The number of thiophene rings is 1. The summed E-state index contributed by atoms with van der Waals surface area (Å²) in [6, 6.07) is 2.29. The Balaban J connectivity index is 1.49. The van der Waals surface area contributed by atoms with Gasteiger partial charge in [0.1, 0.15) is 0 Å². The van der Waals surface area contributed by atoms with Gasteiger partial charge in [0.25, 0.3) is 5.91 Å². The summed E-state index contributed by atoms with van der Waals surface area (Å²) in [5.41, 5.74) is 0.778. The van der Waals surface area contributed by atoms with Crippen LogP contribution >= 0.6 is 11.3 Å². The van der Waals surface area contributed by atoms with Gasteiger partial charge in [-0.3, -0.25) is 14.5 Å². The number of hydrogen-bond donors (Lipinski definition) is 1. The topological polar surface area (TPSA) is 52.7 Å². The molecule has 1 saturated heterocycles. The monoisotopic (exact) mass is 307 g/mol. The molecule has 6 heteroatoms. The molecule has 0 aromatic carbocycles. The van der Waals surface area contributed by atoms with E-state index >= 15 is 0 Å². The smallest absolute Gasteiger partial charge is 0.254 e. The third-order valence-electron chi connectivity index (χ3n) is 3.95. The highest BCUT2D eigenvalue weighted by Gasteiger charge is 2.25. The van der Waals surface area contributed by atoms with Crippen LogP contribution < -0.4 is 5.32 Å². The van der Waals surface area contributed by atoms with E-state index in [2.05, 4.69) is 10.2 Å². The summed E-state index contributed by atoms with van der Waals surface area (Å²) in [5.74, 6) is 0.232. The quantitative estimate of drug-likeness (QED) is 0.908. The first-order valence-corrected chi connectivity index (χ1v) is 8.50. The van der Waals surface area contributed by atoms with Gasteiger partial charge in [-0.15, -0.1) is 0 Å². The highest BCUT2D eigenvalue weighted by molar-refractivity contribution is 7.08. The van der Waals surface area contributed by atoms with Crippen molar-refractivity contribution in [3.63, 3.8) is 0 Å². The van der Waals surface area contributed by atoms with Crippen molar-refractivity contribution in [2.24, 2.45) is 0 Å². The molecule has 21 heavy (non-hydrogen) atoms. The molecule has 1 N–H and O–H groups in total. The lowest BCUT2D eigenvalue weighted by atomic mass is 10.3. The van der Waals surface area contributed by atoms with Crippen molar-refractivity contribution < 1.29 is 9.59 Å². The molecule has 0 bridgehead atoms. The van der Waals surface area contributed by atoms with Crippen molar-refractivity contribution in [3.8, 4) is 0 Å². The van der Waals surface area contributed by atoms with Crippen LogP contribution in [0.4, 0.5) is 0 Å². The lowest BCUT2D eigenvalue weighted by molar-refractivity contribution is -0.122. The van der Waals surface area contributed by atoms with Gasteiger partial charge in [0.15, 0.2) is 0 Å². The second-order valence-electron chi connectivity index (χ2n) is 5.78. The molecule has 3 rings (SSSR count). The molecule has 0 unspecified atom stereocenters. The largest absolute Gasteiger partial charge is 0.352 e. The lowest BCUT2D eigenvalue weighted by Gasteiger charge is -2.21. The van der Waals surface area contributed by atoms with E-state index in [4.69, 9.17) is 0 Å². The zero-order valence-corrected chi connectivity index (χ0v) is 12.9. The Labute approximate surface area is 128 Å². The number of hydrogen-bond acceptors (Lipinski definition) is 4. The maximum Gasteiger partial charge on any atom is 0.254 e. The maximum atomic E-state index is 12.3. The molecule has 1 aromatic heterocycles. The molecule has 2 aliphatic rings. The van der Waals surface area contributed by atoms with Crippen molar-refractivity contribution in [2.75, 3.05) is 32.7 Å². The summed E-state index contributed by atoms with van der Waals surface area (Å²) in [6.07, 6.45) is 3.16. The summed E-state index contributed by atoms with van der Waals surface area (Å²) in [7, 11) is 0. The number of nitrogens with one attached hydrogen (secondary N) is 1. The van der Waals surface area contributed by atoms with Gasteiger partial charge in [0, 0.05) is 37.6 Å². The normalized spacial score (nSPS) is 20.1. The molecule has 1 saturated carbocycles. The van der Waals surface area contributed by atoms with E-state index in [1.165, 1.54) is 0 Å². The first kappa shape index (κ1) is 14.5. The lowest BCUT2D eigenvalue weighted by Crippen LogP contribution is -2.40. The summed E-state index contributed by atoms with van der Waals surface area (Å²) in [4.78, 5) is 28.2. The minimum absolute atomic E-state index is 0.112.